The molecule has 14 heavy (non-hydrogen) atoms. The molecule has 4 nitrogen and oxygen atoms in total. The van der Waals surface area contributed by atoms with Gasteiger partial charge >= 0.3 is 0 Å². The molecule has 0 fully saturated rings. The second-order valence-electron chi connectivity index (χ2n) is 3.42. The molecule has 0 bridgehead atoms. The van der Waals surface area contributed by atoms with E-state index in [9.17, 15) is 8.42 Å². The molecule has 1 aromatic heterocycles. The largest absolute Gasteiger partial charge is 0.334 e. The van der Waals surface area contributed by atoms with Crippen molar-refractivity contribution in [2.75, 3.05) is 12.0 Å². The number of aromatic nitrogens is 2. The van der Waals surface area contributed by atoms with E-state index in [1.165, 1.54) is 6.26 Å². The second kappa shape index (κ2) is 4.59. The first-order valence-corrected chi connectivity index (χ1v) is 6.76. The average molecular weight is 216 g/mol. The summed E-state index contributed by atoms with van der Waals surface area (Å²) < 4.78 is 23.8. The van der Waals surface area contributed by atoms with Crippen LogP contribution in [-0.4, -0.2) is 30.0 Å². The highest BCUT2D eigenvalue weighted by atomic mass is 32.2. The fraction of sp³-hybridized carbons (Fsp3) is 0.667. The number of imidazole rings is 1. The molecular formula is C9H16N2O2S. The molecule has 0 atom stereocenters. The maximum atomic E-state index is 11.0. The minimum Gasteiger partial charge on any atom is -0.334 e. The first-order chi connectivity index (χ1) is 6.53. The molecule has 0 aliphatic carbocycles. The molecule has 0 amide bonds. The molecule has 5 heteroatoms. The van der Waals surface area contributed by atoms with Crippen LogP contribution in [0.5, 0.6) is 0 Å². The topological polar surface area (TPSA) is 52.0 Å². The molecule has 80 valence electrons. The standard InChI is InChI=1S/C9H16N2O2S/c1-3-4-9-10-5-6-11(9)7-8-14(2,12)13/h5-6H,3-4,7-8H2,1-2H3. The van der Waals surface area contributed by atoms with Crippen LogP contribution in [0.15, 0.2) is 12.4 Å². The molecule has 0 N–H and O–H groups in total. The lowest BCUT2D eigenvalue weighted by molar-refractivity contribution is 0.591. The molecular weight excluding hydrogens is 200 g/mol. The third-order valence-electron chi connectivity index (χ3n) is 1.98. The number of rotatable bonds is 5. The maximum Gasteiger partial charge on any atom is 0.149 e. The maximum absolute atomic E-state index is 11.0. The SMILES string of the molecule is CCCc1nccn1CCS(C)(=O)=O. The second-order valence-corrected chi connectivity index (χ2v) is 5.68. The molecule has 1 heterocycles. The van der Waals surface area contributed by atoms with Crippen molar-refractivity contribution in [3.05, 3.63) is 18.2 Å². The van der Waals surface area contributed by atoms with Crippen LogP contribution in [0.1, 0.15) is 19.2 Å². The molecule has 0 unspecified atom stereocenters. The zero-order valence-electron chi connectivity index (χ0n) is 8.60. The van der Waals surface area contributed by atoms with Gasteiger partial charge in [-0.1, -0.05) is 6.92 Å². The molecule has 0 aromatic carbocycles. The van der Waals surface area contributed by atoms with E-state index >= 15 is 0 Å². The molecule has 0 spiro atoms. The molecule has 0 saturated heterocycles. The summed E-state index contributed by atoms with van der Waals surface area (Å²) in [7, 11) is -2.88. The number of nitrogens with zero attached hydrogens (tertiary/aromatic N) is 2. The molecule has 0 radical (unpaired) electrons. The Morgan fingerprint density at radius 3 is 2.79 bits per heavy atom. The van der Waals surface area contributed by atoms with Gasteiger partial charge < -0.3 is 4.57 Å². The molecule has 0 saturated carbocycles. The third kappa shape index (κ3) is 3.49. The van der Waals surface area contributed by atoms with Gasteiger partial charge in [-0.05, 0) is 6.42 Å². The van der Waals surface area contributed by atoms with Gasteiger partial charge in [0.05, 0.1) is 5.75 Å². The smallest absolute Gasteiger partial charge is 0.149 e. The van der Waals surface area contributed by atoms with Crippen molar-refractivity contribution in [3.8, 4) is 0 Å². The summed E-state index contributed by atoms with van der Waals surface area (Å²) in [5, 5.41) is 0. The van der Waals surface area contributed by atoms with E-state index in [1.807, 2.05) is 10.8 Å². The zero-order valence-corrected chi connectivity index (χ0v) is 9.42. The van der Waals surface area contributed by atoms with Crippen LogP contribution < -0.4 is 0 Å². The van der Waals surface area contributed by atoms with E-state index in [2.05, 4.69) is 11.9 Å². The Labute approximate surface area is 84.9 Å². The summed E-state index contributed by atoms with van der Waals surface area (Å²) in [6, 6.07) is 0. The first-order valence-electron chi connectivity index (χ1n) is 4.70. The quantitative estimate of drug-likeness (QED) is 0.734. The van der Waals surface area contributed by atoms with Crippen molar-refractivity contribution < 1.29 is 8.42 Å². The van der Waals surface area contributed by atoms with Crippen molar-refractivity contribution in [1.29, 1.82) is 0 Å². The van der Waals surface area contributed by atoms with Gasteiger partial charge in [-0.2, -0.15) is 0 Å². The van der Waals surface area contributed by atoms with E-state index in [-0.39, 0.29) is 5.75 Å². The molecule has 0 aliphatic rings. The van der Waals surface area contributed by atoms with Crippen LogP contribution in [0.2, 0.25) is 0 Å². The van der Waals surface area contributed by atoms with E-state index in [4.69, 9.17) is 0 Å². The van der Waals surface area contributed by atoms with Gasteiger partial charge in [0.2, 0.25) is 0 Å². The van der Waals surface area contributed by atoms with E-state index < -0.39 is 9.84 Å². The lowest BCUT2D eigenvalue weighted by Crippen LogP contribution is -2.12. The van der Waals surface area contributed by atoms with E-state index in [1.54, 1.807) is 6.20 Å². The summed E-state index contributed by atoms with van der Waals surface area (Å²) in [6.07, 6.45) is 6.72. The Kier molecular flexibility index (Phi) is 3.69. The van der Waals surface area contributed by atoms with Crippen LogP contribution in [-0.2, 0) is 22.8 Å². The van der Waals surface area contributed by atoms with Gasteiger partial charge in [0.15, 0.2) is 0 Å². The Morgan fingerprint density at radius 1 is 1.50 bits per heavy atom. The number of hydrogen-bond donors (Lipinski definition) is 0. The van der Waals surface area contributed by atoms with Gasteiger partial charge in [-0.3, -0.25) is 0 Å². The van der Waals surface area contributed by atoms with Gasteiger partial charge in [-0.15, -0.1) is 0 Å². The minimum absolute atomic E-state index is 0.181. The van der Waals surface area contributed by atoms with Crippen LogP contribution in [0.3, 0.4) is 0 Å². The third-order valence-corrected chi connectivity index (χ3v) is 2.90. The van der Waals surface area contributed by atoms with Gasteiger partial charge in [0, 0.05) is 31.6 Å². The fourth-order valence-electron chi connectivity index (χ4n) is 1.26. The first kappa shape index (κ1) is 11.2. The van der Waals surface area contributed by atoms with Crippen molar-refractivity contribution in [3.63, 3.8) is 0 Å². The average Bonchev–Trinajstić information content (AvgIpc) is 2.48. The monoisotopic (exact) mass is 216 g/mol. The zero-order chi connectivity index (χ0) is 10.6. The Morgan fingerprint density at radius 2 is 2.21 bits per heavy atom. The lowest BCUT2D eigenvalue weighted by atomic mass is 10.3. The minimum atomic E-state index is -2.88. The highest BCUT2D eigenvalue weighted by Gasteiger charge is 2.05. The summed E-state index contributed by atoms with van der Waals surface area (Å²) in [5.41, 5.74) is 0. The summed E-state index contributed by atoms with van der Waals surface area (Å²) >= 11 is 0. The van der Waals surface area contributed by atoms with Gasteiger partial charge in [-0.25, -0.2) is 13.4 Å². The van der Waals surface area contributed by atoms with Crippen LogP contribution in [0.4, 0.5) is 0 Å². The predicted octanol–water partition coefficient (Wildman–Crippen LogP) is 0.880. The Hall–Kier alpha value is -0.840. The number of sulfone groups is 1. The summed E-state index contributed by atoms with van der Waals surface area (Å²) in [5.74, 6) is 1.15. The van der Waals surface area contributed by atoms with Crippen LogP contribution in [0, 0.1) is 0 Å². The molecule has 1 aromatic rings. The lowest BCUT2D eigenvalue weighted by Gasteiger charge is -2.05. The normalized spacial score (nSPS) is 11.9. The van der Waals surface area contributed by atoms with Crippen molar-refractivity contribution >= 4 is 9.84 Å². The highest BCUT2D eigenvalue weighted by molar-refractivity contribution is 7.90. The number of hydrogen-bond acceptors (Lipinski definition) is 3. The summed E-state index contributed by atoms with van der Waals surface area (Å²) in [6.45, 7) is 2.59. The highest BCUT2D eigenvalue weighted by Crippen LogP contribution is 2.01. The molecule has 1 rings (SSSR count). The fourth-order valence-corrected chi connectivity index (χ4v) is 1.79. The van der Waals surface area contributed by atoms with Crippen molar-refractivity contribution in [2.45, 2.75) is 26.3 Å². The van der Waals surface area contributed by atoms with Crippen LogP contribution in [0.25, 0.3) is 0 Å². The number of aryl methyl sites for hydroxylation is 2. The molecule has 0 aliphatic heterocycles. The Bertz CT molecular complexity index is 381. The van der Waals surface area contributed by atoms with Crippen molar-refractivity contribution in [2.24, 2.45) is 0 Å². The summed E-state index contributed by atoms with van der Waals surface area (Å²) in [4.78, 5) is 4.17. The van der Waals surface area contributed by atoms with E-state index in [0.717, 1.165) is 18.7 Å². The van der Waals surface area contributed by atoms with E-state index in [0.29, 0.717) is 6.54 Å². The van der Waals surface area contributed by atoms with Crippen molar-refractivity contribution in [1.82, 2.24) is 9.55 Å². The Balaban J connectivity index is 2.62. The van der Waals surface area contributed by atoms with Gasteiger partial charge in [0.25, 0.3) is 0 Å². The van der Waals surface area contributed by atoms with Crippen LogP contribution >= 0.6 is 0 Å². The van der Waals surface area contributed by atoms with Gasteiger partial charge in [0.1, 0.15) is 15.7 Å². The predicted molar refractivity (Wildman–Crippen MR) is 55.9 cm³/mol.